The van der Waals surface area contributed by atoms with Crippen molar-refractivity contribution in [2.24, 2.45) is 4.99 Å². The molecule has 0 amide bonds. The second-order valence-electron chi connectivity index (χ2n) is 7.82. The van der Waals surface area contributed by atoms with E-state index in [9.17, 15) is 24.8 Å². The fourth-order valence-corrected chi connectivity index (χ4v) is 5.31. The Bertz CT molecular complexity index is 1590. The van der Waals surface area contributed by atoms with Gasteiger partial charge in [-0.1, -0.05) is 29.5 Å². The molecule has 0 radical (unpaired) electrons. The first-order valence-corrected chi connectivity index (χ1v) is 12.2. The number of phenols is 1. The molecule has 0 bridgehead atoms. The SMILES string of the molecule is CCOC(=O)C1=C(C)N=c2s/c(=C/c3ccc(O)c(Br)c3)c(=O)n2[C@@H]1c1ccc(C)c([N+](=O)[O-])c1. The van der Waals surface area contributed by atoms with Gasteiger partial charge in [-0.15, -0.1) is 0 Å². The van der Waals surface area contributed by atoms with E-state index in [-0.39, 0.29) is 23.6 Å². The number of aromatic hydroxyl groups is 1. The van der Waals surface area contributed by atoms with E-state index >= 15 is 0 Å². The average Bonchev–Trinajstić information content (AvgIpc) is 3.10. The lowest BCUT2D eigenvalue weighted by atomic mass is 9.94. The first-order valence-electron chi connectivity index (χ1n) is 10.6. The molecule has 35 heavy (non-hydrogen) atoms. The predicted octanol–water partition coefficient (Wildman–Crippen LogP) is 3.48. The van der Waals surface area contributed by atoms with Gasteiger partial charge in [0.05, 0.1) is 37.8 Å². The van der Waals surface area contributed by atoms with E-state index in [2.05, 4.69) is 20.9 Å². The van der Waals surface area contributed by atoms with Crippen molar-refractivity contribution in [3.63, 3.8) is 0 Å². The van der Waals surface area contributed by atoms with Crippen molar-refractivity contribution in [3.05, 3.63) is 98.6 Å². The van der Waals surface area contributed by atoms with Crippen LogP contribution in [0.4, 0.5) is 5.69 Å². The predicted molar refractivity (Wildman–Crippen MR) is 134 cm³/mol. The minimum atomic E-state index is -0.946. The zero-order chi connectivity index (χ0) is 25.4. The van der Waals surface area contributed by atoms with Gasteiger partial charge in [-0.25, -0.2) is 9.79 Å². The Morgan fingerprint density at radius 2 is 2.06 bits per heavy atom. The number of nitro groups is 1. The number of ether oxygens (including phenoxy) is 1. The normalized spacial score (nSPS) is 15.5. The van der Waals surface area contributed by atoms with Crippen molar-refractivity contribution in [1.82, 2.24) is 4.57 Å². The zero-order valence-electron chi connectivity index (χ0n) is 18.9. The fraction of sp³-hybridized carbons (Fsp3) is 0.208. The summed E-state index contributed by atoms with van der Waals surface area (Å²) in [5.74, 6) is -0.571. The number of hydrogen-bond donors (Lipinski definition) is 1. The summed E-state index contributed by atoms with van der Waals surface area (Å²) in [5.41, 5.74) is 1.54. The number of aryl methyl sites for hydroxylation is 1. The summed E-state index contributed by atoms with van der Waals surface area (Å²) >= 11 is 4.40. The van der Waals surface area contributed by atoms with E-state index in [4.69, 9.17) is 4.74 Å². The number of fused-ring (bicyclic) bond motifs is 1. The molecule has 1 N–H and O–H groups in total. The van der Waals surface area contributed by atoms with Crippen LogP contribution in [0.3, 0.4) is 0 Å². The van der Waals surface area contributed by atoms with Gasteiger partial charge in [-0.3, -0.25) is 19.5 Å². The van der Waals surface area contributed by atoms with E-state index in [1.807, 2.05) is 0 Å². The molecule has 0 saturated carbocycles. The van der Waals surface area contributed by atoms with Crippen molar-refractivity contribution in [1.29, 1.82) is 0 Å². The van der Waals surface area contributed by atoms with E-state index in [1.54, 1.807) is 51.1 Å². The molecule has 9 nitrogen and oxygen atoms in total. The molecule has 1 atom stereocenters. The van der Waals surface area contributed by atoms with Crippen LogP contribution in [0.25, 0.3) is 6.08 Å². The van der Waals surface area contributed by atoms with Crippen molar-refractivity contribution in [2.45, 2.75) is 26.8 Å². The van der Waals surface area contributed by atoms with Crippen LogP contribution in [0.2, 0.25) is 0 Å². The molecule has 3 aromatic rings. The number of thiazole rings is 1. The Balaban J connectivity index is 1.99. The zero-order valence-corrected chi connectivity index (χ0v) is 21.3. The third-order valence-electron chi connectivity index (χ3n) is 5.53. The number of esters is 1. The third-order valence-corrected chi connectivity index (χ3v) is 7.15. The number of benzene rings is 2. The second kappa shape index (κ2) is 9.59. The molecule has 0 spiro atoms. The number of nitro benzene ring substituents is 1. The molecule has 2 heterocycles. The van der Waals surface area contributed by atoms with Crippen LogP contribution in [-0.4, -0.2) is 27.2 Å². The molecule has 0 aliphatic carbocycles. The van der Waals surface area contributed by atoms with Crippen LogP contribution in [0.5, 0.6) is 5.75 Å². The van der Waals surface area contributed by atoms with Gasteiger partial charge in [0.2, 0.25) is 0 Å². The maximum absolute atomic E-state index is 13.6. The van der Waals surface area contributed by atoms with E-state index in [1.165, 1.54) is 16.7 Å². The summed E-state index contributed by atoms with van der Waals surface area (Å²) in [6, 6.07) is 8.53. The highest BCUT2D eigenvalue weighted by molar-refractivity contribution is 9.10. The summed E-state index contributed by atoms with van der Waals surface area (Å²) in [5, 5.41) is 21.4. The van der Waals surface area contributed by atoms with Crippen molar-refractivity contribution >= 4 is 45.0 Å². The molecule has 2 aromatic carbocycles. The molecule has 4 rings (SSSR count). The molecule has 0 saturated heterocycles. The smallest absolute Gasteiger partial charge is 0.338 e. The van der Waals surface area contributed by atoms with Gasteiger partial charge in [0.25, 0.3) is 11.2 Å². The van der Waals surface area contributed by atoms with Crippen LogP contribution < -0.4 is 14.9 Å². The Morgan fingerprint density at radius 1 is 1.31 bits per heavy atom. The van der Waals surface area contributed by atoms with Gasteiger partial charge < -0.3 is 9.84 Å². The highest BCUT2D eigenvalue weighted by Gasteiger charge is 2.34. The highest BCUT2D eigenvalue weighted by Crippen LogP contribution is 2.33. The number of allylic oxidation sites excluding steroid dienone is 1. The van der Waals surface area contributed by atoms with Crippen LogP contribution in [0, 0.1) is 17.0 Å². The minimum Gasteiger partial charge on any atom is -0.507 e. The Hall–Kier alpha value is -3.57. The number of rotatable bonds is 5. The lowest BCUT2D eigenvalue weighted by Crippen LogP contribution is -2.40. The Morgan fingerprint density at radius 3 is 2.71 bits per heavy atom. The van der Waals surface area contributed by atoms with Crippen LogP contribution >= 0.6 is 27.3 Å². The lowest BCUT2D eigenvalue weighted by Gasteiger charge is -2.24. The summed E-state index contributed by atoms with van der Waals surface area (Å²) in [4.78, 5) is 42.5. The Labute approximate surface area is 211 Å². The molecule has 1 aromatic heterocycles. The molecule has 0 fully saturated rings. The topological polar surface area (TPSA) is 124 Å². The number of halogens is 1. The van der Waals surface area contributed by atoms with Crippen LogP contribution in [0.1, 0.15) is 36.6 Å². The molecule has 1 aliphatic heterocycles. The molecule has 0 unspecified atom stereocenters. The largest absolute Gasteiger partial charge is 0.507 e. The molecule has 11 heteroatoms. The summed E-state index contributed by atoms with van der Waals surface area (Å²) in [7, 11) is 0. The van der Waals surface area contributed by atoms with Gasteiger partial charge in [0.1, 0.15) is 5.75 Å². The second-order valence-corrected chi connectivity index (χ2v) is 9.68. The first kappa shape index (κ1) is 24.6. The van der Waals surface area contributed by atoms with Crippen molar-refractivity contribution in [2.75, 3.05) is 6.61 Å². The molecule has 1 aliphatic rings. The van der Waals surface area contributed by atoms with Crippen molar-refractivity contribution < 1.29 is 19.6 Å². The first-order chi connectivity index (χ1) is 16.6. The number of aromatic nitrogens is 1. The fourth-order valence-electron chi connectivity index (χ4n) is 3.86. The maximum Gasteiger partial charge on any atom is 0.338 e. The van der Waals surface area contributed by atoms with E-state index in [0.717, 1.165) is 11.3 Å². The van der Waals surface area contributed by atoms with Gasteiger partial charge in [0, 0.05) is 11.6 Å². The summed E-state index contributed by atoms with van der Waals surface area (Å²) in [6.07, 6.45) is 1.66. The molecular weight excluding hydrogens is 538 g/mol. The van der Waals surface area contributed by atoms with Gasteiger partial charge in [-0.05, 0) is 66.0 Å². The molecular formula is C24H20BrN3O6S. The monoisotopic (exact) mass is 557 g/mol. The van der Waals surface area contributed by atoms with Gasteiger partial charge in [0.15, 0.2) is 4.80 Å². The summed E-state index contributed by atoms with van der Waals surface area (Å²) < 4.78 is 7.45. The van der Waals surface area contributed by atoms with Crippen LogP contribution in [0.15, 0.2) is 61.9 Å². The van der Waals surface area contributed by atoms with Gasteiger partial charge >= 0.3 is 5.97 Å². The van der Waals surface area contributed by atoms with E-state index in [0.29, 0.717) is 36.2 Å². The average molecular weight is 558 g/mol. The summed E-state index contributed by atoms with van der Waals surface area (Å²) in [6.45, 7) is 5.06. The number of carbonyl (C=O) groups excluding carboxylic acids is 1. The van der Waals surface area contributed by atoms with Gasteiger partial charge in [-0.2, -0.15) is 0 Å². The number of hydrogen-bond acceptors (Lipinski definition) is 8. The highest BCUT2D eigenvalue weighted by atomic mass is 79.9. The minimum absolute atomic E-state index is 0.0688. The number of carbonyl (C=O) groups is 1. The lowest BCUT2D eigenvalue weighted by molar-refractivity contribution is -0.385. The maximum atomic E-state index is 13.6. The Kier molecular flexibility index (Phi) is 6.73. The van der Waals surface area contributed by atoms with Crippen LogP contribution in [-0.2, 0) is 9.53 Å². The van der Waals surface area contributed by atoms with Crippen molar-refractivity contribution in [3.8, 4) is 5.75 Å². The quantitative estimate of drug-likeness (QED) is 0.291. The third kappa shape index (κ3) is 4.56. The molecule has 180 valence electrons. The van der Waals surface area contributed by atoms with E-state index < -0.39 is 22.5 Å². The number of nitrogens with zero attached hydrogens (tertiary/aromatic N) is 3. The standard InChI is InChI=1S/C24H20BrN3O6S/c1-4-34-23(31)20-13(3)26-24-27(21(20)15-7-5-12(2)17(11-15)28(32)33)22(30)19(35-24)10-14-6-8-18(29)16(25)9-14/h5-11,21,29H,4H2,1-3H3/b19-10+/t21-/m1/s1. The number of phenolic OH excluding ortho intramolecular Hbond substituents is 1.